The van der Waals surface area contributed by atoms with Gasteiger partial charge in [0.15, 0.2) is 0 Å². The number of anilines is 1. The first kappa shape index (κ1) is 16.1. The summed E-state index contributed by atoms with van der Waals surface area (Å²) in [5.74, 6) is -0.730. The van der Waals surface area contributed by atoms with Crippen molar-refractivity contribution in [2.45, 2.75) is 31.7 Å². The smallest absolute Gasteiger partial charge is 0.304 e. The first-order valence-electron chi connectivity index (χ1n) is 8.97. The van der Waals surface area contributed by atoms with Gasteiger partial charge in [0.25, 0.3) is 5.56 Å². The molecule has 1 fully saturated rings. The molecule has 0 saturated carbocycles. The largest absolute Gasteiger partial charge is 0.481 e. The van der Waals surface area contributed by atoms with Crippen LogP contribution in [-0.4, -0.2) is 53.2 Å². The number of likely N-dealkylation sites (tertiary alicyclic amines) is 1. The van der Waals surface area contributed by atoms with Gasteiger partial charge in [-0.1, -0.05) is 6.07 Å². The molecule has 6 heteroatoms. The Morgan fingerprint density at radius 1 is 1.24 bits per heavy atom. The molecule has 2 aliphatic rings. The number of pyridine rings is 1. The van der Waals surface area contributed by atoms with E-state index in [1.54, 1.807) is 0 Å². The molecular formula is C19H23N3O3. The van der Waals surface area contributed by atoms with Crippen molar-refractivity contribution in [1.29, 1.82) is 0 Å². The molecule has 132 valence electrons. The minimum Gasteiger partial charge on any atom is -0.481 e. The summed E-state index contributed by atoms with van der Waals surface area (Å²) in [5.41, 5.74) is 2.38. The Kier molecular flexibility index (Phi) is 4.21. The predicted molar refractivity (Wildman–Crippen MR) is 97.3 cm³/mol. The van der Waals surface area contributed by atoms with Crippen LogP contribution in [0.2, 0.25) is 0 Å². The molecule has 1 aromatic heterocycles. The fourth-order valence-corrected chi connectivity index (χ4v) is 4.25. The van der Waals surface area contributed by atoms with Gasteiger partial charge in [0.2, 0.25) is 0 Å². The molecule has 0 bridgehead atoms. The Bertz CT molecular complexity index is 853. The van der Waals surface area contributed by atoms with E-state index in [1.807, 2.05) is 18.3 Å². The average molecular weight is 341 g/mol. The molecule has 2 N–H and O–H groups in total. The van der Waals surface area contributed by atoms with E-state index >= 15 is 0 Å². The van der Waals surface area contributed by atoms with E-state index < -0.39 is 5.97 Å². The Balaban J connectivity index is 1.55. The quantitative estimate of drug-likeness (QED) is 0.887. The summed E-state index contributed by atoms with van der Waals surface area (Å²) in [6, 6.07) is 6.45. The second-order valence-electron chi connectivity index (χ2n) is 7.00. The zero-order valence-corrected chi connectivity index (χ0v) is 14.2. The van der Waals surface area contributed by atoms with Gasteiger partial charge in [-0.05, 0) is 37.0 Å². The van der Waals surface area contributed by atoms with E-state index in [2.05, 4.69) is 20.9 Å². The highest BCUT2D eigenvalue weighted by molar-refractivity contribution is 5.97. The van der Waals surface area contributed by atoms with E-state index in [0.717, 1.165) is 49.7 Å². The van der Waals surface area contributed by atoms with Crippen molar-refractivity contribution in [1.82, 2.24) is 9.88 Å². The summed E-state index contributed by atoms with van der Waals surface area (Å²) in [6.07, 6.45) is 5.09. The van der Waals surface area contributed by atoms with Gasteiger partial charge in [-0.15, -0.1) is 0 Å². The standard InChI is InChI=1S/C19H23N3O3/c23-17(24)7-10-21-8-5-14(6-9-21)22-11-4-13-12-20-19(25)15-2-1-3-16(22)18(13)15/h1-3,12,14H,4-11H2,(H,20,25)(H,23,24). The Labute approximate surface area is 146 Å². The molecule has 2 aliphatic heterocycles. The lowest BCUT2D eigenvalue weighted by molar-refractivity contribution is -0.137. The normalized spacial score (nSPS) is 18.6. The van der Waals surface area contributed by atoms with Crippen LogP contribution in [0.1, 0.15) is 24.8 Å². The van der Waals surface area contributed by atoms with Crippen molar-refractivity contribution in [3.05, 3.63) is 40.3 Å². The second kappa shape index (κ2) is 6.52. The number of carboxylic acids is 1. The summed E-state index contributed by atoms with van der Waals surface area (Å²) in [7, 11) is 0. The molecule has 1 saturated heterocycles. The molecule has 1 aromatic carbocycles. The van der Waals surface area contributed by atoms with E-state index in [1.165, 1.54) is 11.3 Å². The summed E-state index contributed by atoms with van der Waals surface area (Å²) < 4.78 is 0. The molecule has 3 heterocycles. The average Bonchev–Trinajstić information content (AvgIpc) is 2.63. The molecule has 0 amide bonds. The van der Waals surface area contributed by atoms with Gasteiger partial charge in [-0.2, -0.15) is 0 Å². The maximum absolute atomic E-state index is 12.1. The first-order chi connectivity index (χ1) is 12.1. The number of rotatable bonds is 4. The van der Waals surface area contributed by atoms with Gasteiger partial charge in [-0.25, -0.2) is 0 Å². The number of nitrogens with zero attached hydrogens (tertiary/aromatic N) is 2. The zero-order chi connectivity index (χ0) is 17.4. The van der Waals surface area contributed by atoms with Crippen molar-refractivity contribution >= 4 is 22.4 Å². The zero-order valence-electron chi connectivity index (χ0n) is 14.2. The third-order valence-corrected chi connectivity index (χ3v) is 5.56. The summed E-state index contributed by atoms with van der Waals surface area (Å²) in [5, 5.41) is 10.7. The Hall–Kier alpha value is -2.34. The van der Waals surface area contributed by atoms with E-state index in [9.17, 15) is 9.59 Å². The highest BCUT2D eigenvalue weighted by Gasteiger charge is 2.28. The fraction of sp³-hybridized carbons (Fsp3) is 0.474. The van der Waals surface area contributed by atoms with Gasteiger partial charge in [0, 0.05) is 54.9 Å². The summed E-state index contributed by atoms with van der Waals surface area (Å²) in [6.45, 7) is 3.48. The van der Waals surface area contributed by atoms with Crippen LogP contribution in [0.5, 0.6) is 0 Å². The topological polar surface area (TPSA) is 76.6 Å². The number of aliphatic carboxylic acids is 1. The van der Waals surface area contributed by atoms with Crippen molar-refractivity contribution in [3.63, 3.8) is 0 Å². The van der Waals surface area contributed by atoms with Crippen molar-refractivity contribution in [2.75, 3.05) is 31.1 Å². The number of nitrogens with one attached hydrogen (secondary N) is 1. The van der Waals surface area contributed by atoms with Gasteiger partial charge >= 0.3 is 5.97 Å². The minimum absolute atomic E-state index is 0.0223. The molecule has 6 nitrogen and oxygen atoms in total. The lowest BCUT2D eigenvalue weighted by Gasteiger charge is -2.42. The summed E-state index contributed by atoms with van der Waals surface area (Å²) in [4.78, 5) is 30.4. The molecular weight excluding hydrogens is 318 g/mol. The van der Waals surface area contributed by atoms with E-state index in [0.29, 0.717) is 12.6 Å². The van der Waals surface area contributed by atoms with Crippen LogP contribution in [0.4, 0.5) is 5.69 Å². The lowest BCUT2D eigenvalue weighted by Crippen LogP contribution is -2.47. The van der Waals surface area contributed by atoms with Gasteiger partial charge in [0.1, 0.15) is 0 Å². The Morgan fingerprint density at radius 3 is 2.80 bits per heavy atom. The predicted octanol–water partition coefficient (Wildman–Crippen LogP) is 1.83. The SMILES string of the molecule is O=C(O)CCN1CCC(N2CCc3c[nH]c(=O)c4cccc2c34)CC1. The van der Waals surface area contributed by atoms with Gasteiger partial charge in [0.05, 0.1) is 6.42 Å². The Morgan fingerprint density at radius 2 is 2.04 bits per heavy atom. The number of hydrogen-bond donors (Lipinski definition) is 2. The number of piperidine rings is 1. The third-order valence-electron chi connectivity index (χ3n) is 5.56. The second-order valence-corrected chi connectivity index (χ2v) is 7.00. The van der Waals surface area contributed by atoms with Crippen LogP contribution >= 0.6 is 0 Å². The molecule has 0 unspecified atom stereocenters. The van der Waals surface area contributed by atoms with Crippen LogP contribution in [0.25, 0.3) is 10.8 Å². The molecule has 0 atom stereocenters. The third kappa shape index (κ3) is 3.02. The number of H-pyrrole nitrogens is 1. The number of hydrogen-bond acceptors (Lipinski definition) is 4. The number of carbonyl (C=O) groups is 1. The van der Waals surface area contributed by atoms with Crippen LogP contribution in [0.3, 0.4) is 0 Å². The highest BCUT2D eigenvalue weighted by Crippen LogP contribution is 2.35. The van der Waals surface area contributed by atoms with Crippen molar-refractivity contribution in [2.24, 2.45) is 0 Å². The van der Waals surface area contributed by atoms with Gasteiger partial charge < -0.3 is 19.9 Å². The van der Waals surface area contributed by atoms with E-state index in [-0.39, 0.29) is 12.0 Å². The molecule has 0 radical (unpaired) electrons. The first-order valence-corrected chi connectivity index (χ1v) is 8.97. The number of carboxylic acid groups (broad SMARTS) is 1. The summed E-state index contributed by atoms with van der Waals surface area (Å²) >= 11 is 0. The molecule has 25 heavy (non-hydrogen) atoms. The van der Waals surface area contributed by atoms with Crippen LogP contribution < -0.4 is 10.5 Å². The maximum atomic E-state index is 12.1. The molecule has 0 spiro atoms. The number of aromatic nitrogens is 1. The lowest BCUT2D eigenvalue weighted by atomic mass is 9.94. The molecule has 4 rings (SSSR count). The monoisotopic (exact) mass is 341 g/mol. The fourth-order valence-electron chi connectivity index (χ4n) is 4.25. The van der Waals surface area contributed by atoms with Crippen LogP contribution in [0, 0.1) is 0 Å². The molecule has 2 aromatic rings. The van der Waals surface area contributed by atoms with Crippen molar-refractivity contribution < 1.29 is 9.90 Å². The van der Waals surface area contributed by atoms with Crippen molar-refractivity contribution in [3.8, 4) is 0 Å². The number of benzene rings is 1. The maximum Gasteiger partial charge on any atom is 0.304 e. The molecule has 0 aliphatic carbocycles. The van der Waals surface area contributed by atoms with Gasteiger partial charge in [-0.3, -0.25) is 9.59 Å². The minimum atomic E-state index is -0.730. The van der Waals surface area contributed by atoms with Crippen LogP contribution in [0.15, 0.2) is 29.2 Å². The van der Waals surface area contributed by atoms with Crippen LogP contribution in [-0.2, 0) is 11.2 Å². The number of aromatic amines is 1. The van der Waals surface area contributed by atoms with E-state index in [4.69, 9.17) is 5.11 Å². The highest BCUT2D eigenvalue weighted by atomic mass is 16.4.